The number of hydrogen-bond acceptors (Lipinski definition) is 3. The summed E-state index contributed by atoms with van der Waals surface area (Å²) < 4.78 is 26.8. The lowest BCUT2D eigenvalue weighted by Crippen LogP contribution is -2.29. The van der Waals surface area contributed by atoms with Crippen molar-refractivity contribution in [2.45, 2.75) is 39.2 Å². The highest BCUT2D eigenvalue weighted by Crippen LogP contribution is 2.36. The Kier molecular flexibility index (Phi) is 4.32. The summed E-state index contributed by atoms with van der Waals surface area (Å²) in [7, 11) is 0. The van der Waals surface area contributed by atoms with Gasteiger partial charge in [0.15, 0.2) is 0 Å². The van der Waals surface area contributed by atoms with Crippen LogP contribution in [0.4, 0.5) is 14.5 Å². The summed E-state index contributed by atoms with van der Waals surface area (Å²) in [6, 6.07) is 1.54. The fraction of sp³-hybridized carbons (Fsp3) is 0.571. The Bertz CT molecular complexity index is 514. The topological polar surface area (TPSA) is 55.2 Å². The molecular weight excluding hydrogens is 266 g/mol. The van der Waals surface area contributed by atoms with E-state index in [0.29, 0.717) is 6.07 Å². The third kappa shape index (κ3) is 3.30. The summed E-state index contributed by atoms with van der Waals surface area (Å²) in [6.07, 6.45) is 4.67. The molecule has 0 heterocycles. The lowest BCUT2D eigenvalue weighted by atomic mass is 9.89. The molecule has 0 aliphatic heterocycles. The van der Waals surface area contributed by atoms with E-state index in [-0.39, 0.29) is 17.5 Å². The van der Waals surface area contributed by atoms with Gasteiger partial charge in [-0.2, -0.15) is 4.39 Å². The first-order chi connectivity index (χ1) is 9.41. The van der Waals surface area contributed by atoms with Gasteiger partial charge in [0.1, 0.15) is 5.82 Å². The zero-order chi connectivity index (χ0) is 14.8. The average Bonchev–Trinajstić information content (AvgIpc) is 2.78. The molecule has 1 aliphatic rings. The van der Waals surface area contributed by atoms with Gasteiger partial charge < -0.3 is 5.32 Å². The van der Waals surface area contributed by atoms with Gasteiger partial charge in [-0.3, -0.25) is 10.1 Å². The molecule has 2 rings (SSSR count). The monoisotopic (exact) mass is 284 g/mol. The Morgan fingerprint density at radius 2 is 1.95 bits per heavy atom. The van der Waals surface area contributed by atoms with E-state index in [1.807, 2.05) is 0 Å². The summed E-state index contributed by atoms with van der Waals surface area (Å²) in [4.78, 5) is 9.81. The summed E-state index contributed by atoms with van der Waals surface area (Å²) in [5, 5.41) is 13.8. The molecule has 1 aliphatic carbocycles. The Morgan fingerprint density at radius 1 is 1.30 bits per heavy atom. The van der Waals surface area contributed by atoms with Gasteiger partial charge in [-0.25, -0.2) is 4.39 Å². The first kappa shape index (κ1) is 14.8. The average molecular weight is 284 g/mol. The summed E-state index contributed by atoms with van der Waals surface area (Å²) in [5.41, 5.74) is -0.349. The van der Waals surface area contributed by atoms with Crippen molar-refractivity contribution in [3.05, 3.63) is 39.4 Å². The molecule has 0 unspecified atom stereocenters. The molecule has 20 heavy (non-hydrogen) atoms. The number of nitro benzene ring substituents is 1. The van der Waals surface area contributed by atoms with Crippen molar-refractivity contribution in [1.82, 2.24) is 5.32 Å². The lowest BCUT2D eigenvalue weighted by molar-refractivity contribution is -0.387. The SMILES string of the molecule is CC1(CNCc2cc([N+](=O)[O-])c(F)cc2F)CCCC1. The van der Waals surface area contributed by atoms with Crippen LogP contribution in [0.3, 0.4) is 0 Å². The maximum absolute atomic E-state index is 13.6. The van der Waals surface area contributed by atoms with E-state index in [1.54, 1.807) is 0 Å². The number of halogens is 2. The van der Waals surface area contributed by atoms with E-state index in [1.165, 1.54) is 12.8 Å². The number of nitrogens with zero attached hydrogens (tertiary/aromatic N) is 1. The molecule has 1 saturated carbocycles. The van der Waals surface area contributed by atoms with Crippen molar-refractivity contribution in [3.8, 4) is 0 Å². The predicted molar refractivity (Wildman–Crippen MR) is 71.3 cm³/mol. The molecule has 0 atom stereocenters. The second-order valence-corrected chi connectivity index (χ2v) is 5.77. The van der Waals surface area contributed by atoms with Gasteiger partial charge in [0.2, 0.25) is 5.82 Å². The molecule has 1 aromatic rings. The number of rotatable bonds is 5. The third-order valence-corrected chi connectivity index (χ3v) is 3.99. The molecule has 0 aromatic heterocycles. The van der Waals surface area contributed by atoms with Crippen molar-refractivity contribution >= 4 is 5.69 Å². The van der Waals surface area contributed by atoms with Crippen LogP contribution in [-0.2, 0) is 6.54 Å². The normalized spacial score (nSPS) is 17.4. The van der Waals surface area contributed by atoms with Crippen molar-refractivity contribution in [1.29, 1.82) is 0 Å². The molecule has 1 aromatic carbocycles. The summed E-state index contributed by atoms with van der Waals surface area (Å²) >= 11 is 0. The van der Waals surface area contributed by atoms with Crippen LogP contribution in [0.2, 0.25) is 0 Å². The van der Waals surface area contributed by atoms with E-state index >= 15 is 0 Å². The molecule has 6 heteroatoms. The number of nitrogens with one attached hydrogen (secondary N) is 1. The van der Waals surface area contributed by atoms with E-state index in [9.17, 15) is 18.9 Å². The molecule has 1 N–H and O–H groups in total. The standard InChI is InChI=1S/C14H18F2N2O2/c1-14(4-2-3-5-14)9-17-8-10-6-13(18(19)20)12(16)7-11(10)15/h6-7,17H,2-5,8-9H2,1H3. The minimum Gasteiger partial charge on any atom is -0.312 e. The summed E-state index contributed by atoms with van der Waals surface area (Å²) in [5.74, 6) is -1.89. The highest BCUT2D eigenvalue weighted by atomic mass is 19.1. The number of nitro groups is 1. The van der Waals surface area contributed by atoms with E-state index < -0.39 is 22.2 Å². The van der Waals surface area contributed by atoms with E-state index in [2.05, 4.69) is 12.2 Å². The Labute approximate surface area is 116 Å². The molecule has 0 bridgehead atoms. The molecule has 1 fully saturated rings. The van der Waals surface area contributed by atoms with Crippen LogP contribution in [-0.4, -0.2) is 11.5 Å². The van der Waals surface area contributed by atoms with E-state index in [0.717, 1.165) is 25.5 Å². The highest BCUT2D eigenvalue weighted by Gasteiger charge is 2.28. The van der Waals surface area contributed by atoms with Crippen LogP contribution in [0, 0.1) is 27.2 Å². The van der Waals surface area contributed by atoms with Gasteiger partial charge >= 0.3 is 5.69 Å². The molecule has 110 valence electrons. The molecule has 0 amide bonds. The lowest BCUT2D eigenvalue weighted by Gasteiger charge is -2.23. The maximum atomic E-state index is 13.6. The fourth-order valence-corrected chi connectivity index (χ4v) is 2.76. The van der Waals surface area contributed by atoms with Gasteiger partial charge in [0.05, 0.1) is 4.92 Å². The van der Waals surface area contributed by atoms with Crippen molar-refractivity contribution in [3.63, 3.8) is 0 Å². The van der Waals surface area contributed by atoms with Crippen LogP contribution in [0.1, 0.15) is 38.2 Å². The van der Waals surface area contributed by atoms with Gasteiger partial charge in [-0.1, -0.05) is 19.8 Å². The van der Waals surface area contributed by atoms with Gasteiger partial charge in [-0.05, 0) is 18.3 Å². The Balaban J connectivity index is 2.02. The third-order valence-electron chi connectivity index (χ3n) is 3.99. The maximum Gasteiger partial charge on any atom is 0.305 e. The molecular formula is C14H18F2N2O2. The summed E-state index contributed by atoms with van der Waals surface area (Å²) in [6.45, 7) is 3.08. The Morgan fingerprint density at radius 3 is 2.55 bits per heavy atom. The highest BCUT2D eigenvalue weighted by molar-refractivity contribution is 5.37. The quantitative estimate of drug-likeness (QED) is 0.664. The van der Waals surface area contributed by atoms with Crippen LogP contribution in [0.25, 0.3) is 0 Å². The molecule has 0 spiro atoms. The fourth-order valence-electron chi connectivity index (χ4n) is 2.76. The zero-order valence-corrected chi connectivity index (χ0v) is 11.4. The predicted octanol–water partition coefficient (Wildman–Crippen LogP) is 3.54. The van der Waals surface area contributed by atoms with Crippen LogP contribution < -0.4 is 5.32 Å². The largest absolute Gasteiger partial charge is 0.312 e. The van der Waals surface area contributed by atoms with Crippen LogP contribution in [0.5, 0.6) is 0 Å². The minimum absolute atomic E-state index is 0.125. The number of hydrogen-bond donors (Lipinski definition) is 1. The Hall–Kier alpha value is -1.56. The van der Waals surface area contributed by atoms with Gasteiger partial charge in [0.25, 0.3) is 0 Å². The van der Waals surface area contributed by atoms with Crippen LogP contribution in [0.15, 0.2) is 12.1 Å². The number of benzene rings is 1. The second kappa shape index (κ2) is 5.83. The van der Waals surface area contributed by atoms with Crippen molar-refractivity contribution < 1.29 is 13.7 Å². The smallest absolute Gasteiger partial charge is 0.305 e. The first-order valence-corrected chi connectivity index (χ1v) is 6.74. The first-order valence-electron chi connectivity index (χ1n) is 6.74. The van der Waals surface area contributed by atoms with Crippen molar-refractivity contribution in [2.24, 2.45) is 5.41 Å². The minimum atomic E-state index is -1.14. The zero-order valence-electron chi connectivity index (χ0n) is 11.4. The van der Waals surface area contributed by atoms with Gasteiger partial charge in [0, 0.05) is 30.8 Å². The molecule has 0 radical (unpaired) electrons. The van der Waals surface area contributed by atoms with Gasteiger partial charge in [-0.15, -0.1) is 0 Å². The second-order valence-electron chi connectivity index (χ2n) is 5.77. The molecule has 0 saturated heterocycles. The molecule has 4 nitrogen and oxygen atoms in total. The van der Waals surface area contributed by atoms with E-state index in [4.69, 9.17) is 0 Å². The van der Waals surface area contributed by atoms with Crippen LogP contribution >= 0.6 is 0 Å². The van der Waals surface area contributed by atoms with Crippen molar-refractivity contribution in [2.75, 3.05) is 6.54 Å².